The highest BCUT2D eigenvalue weighted by Crippen LogP contribution is 2.22. The fourth-order valence-corrected chi connectivity index (χ4v) is 2.71. The Morgan fingerprint density at radius 1 is 0.700 bits per heavy atom. The Bertz CT molecular complexity index is 622. The first-order chi connectivity index (χ1) is 9.49. The lowest BCUT2D eigenvalue weighted by molar-refractivity contribution is -0.385. The van der Waals surface area contributed by atoms with Crippen LogP contribution in [0.5, 0.6) is 0 Å². The molecule has 0 aliphatic rings. The number of hydrogen-bond donors (Lipinski definition) is 0. The minimum absolute atomic E-state index is 0.0825. The van der Waals surface area contributed by atoms with E-state index in [2.05, 4.69) is 0 Å². The van der Waals surface area contributed by atoms with Gasteiger partial charge in [0.1, 0.15) is 0 Å². The molecule has 0 atom stereocenters. The third kappa shape index (κ3) is 2.84. The standard InChI is InChI=1S/C12H8N2O5P/c15-13(16)9-1-5-11(6-2-9)20(19)12-7-3-10(4-8-12)14(17)18/h1-8H/q+1. The van der Waals surface area contributed by atoms with Crippen LogP contribution in [0.15, 0.2) is 48.5 Å². The third-order valence-corrected chi connectivity index (χ3v) is 4.12. The molecule has 0 radical (unpaired) electrons. The lowest BCUT2D eigenvalue weighted by atomic mass is 10.3. The summed E-state index contributed by atoms with van der Waals surface area (Å²) in [5.74, 6) is 0. The Hall–Kier alpha value is -2.66. The quantitative estimate of drug-likeness (QED) is 0.488. The van der Waals surface area contributed by atoms with Gasteiger partial charge in [0.25, 0.3) is 11.4 Å². The van der Waals surface area contributed by atoms with Gasteiger partial charge in [-0.2, -0.15) is 0 Å². The van der Waals surface area contributed by atoms with Gasteiger partial charge in [-0.05, 0) is 24.3 Å². The number of benzene rings is 2. The van der Waals surface area contributed by atoms with Gasteiger partial charge in [0.15, 0.2) is 10.6 Å². The molecule has 0 amide bonds. The third-order valence-electron chi connectivity index (χ3n) is 2.59. The monoisotopic (exact) mass is 291 g/mol. The van der Waals surface area contributed by atoms with Gasteiger partial charge in [0, 0.05) is 24.3 Å². The van der Waals surface area contributed by atoms with Gasteiger partial charge < -0.3 is 0 Å². The predicted molar refractivity (Wildman–Crippen MR) is 73.1 cm³/mol. The smallest absolute Gasteiger partial charge is 0.258 e. The maximum absolute atomic E-state index is 12.2. The van der Waals surface area contributed by atoms with E-state index in [4.69, 9.17) is 0 Å². The average Bonchev–Trinajstić information content (AvgIpc) is 2.46. The molecule has 0 bridgehead atoms. The first kappa shape index (κ1) is 13.8. The Balaban J connectivity index is 2.26. The van der Waals surface area contributed by atoms with Crippen LogP contribution in [0, 0.1) is 20.2 Å². The van der Waals surface area contributed by atoms with Crippen LogP contribution in [0.4, 0.5) is 11.4 Å². The number of nitro groups is 2. The highest BCUT2D eigenvalue weighted by molar-refractivity contribution is 7.61. The van der Waals surface area contributed by atoms with E-state index >= 15 is 0 Å². The SMILES string of the molecule is O=[N+]([O-])c1ccc([P+](=O)c2ccc([N+](=O)[O-])cc2)cc1. The molecule has 2 aromatic rings. The minimum atomic E-state index is -1.93. The summed E-state index contributed by atoms with van der Waals surface area (Å²) in [6, 6.07) is 10.7. The van der Waals surface area contributed by atoms with Crippen LogP contribution < -0.4 is 10.6 Å². The zero-order valence-corrected chi connectivity index (χ0v) is 10.9. The fraction of sp³-hybridized carbons (Fsp3) is 0. The molecule has 0 aliphatic heterocycles. The van der Waals surface area contributed by atoms with E-state index in [1.807, 2.05) is 0 Å². The molecule has 0 aliphatic carbocycles. The molecule has 0 aromatic heterocycles. The number of nitro benzene ring substituents is 2. The van der Waals surface area contributed by atoms with Gasteiger partial charge in [-0.3, -0.25) is 20.2 Å². The van der Waals surface area contributed by atoms with Crippen molar-refractivity contribution in [2.45, 2.75) is 0 Å². The van der Waals surface area contributed by atoms with Crippen molar-refractivity contribution in [2.24, 2.45) is 0 Å². The summed E-state index contributed by atoms with van der Waals surface area (Å²) in [5.41, 5.74) is -0.165. The highest BCUT2D eigenvalue weighted by Gasteiger charge is 2.24. The summed E-state index contributed by atoms with van der Waals surface area (Å²) in [6.45, 7) is 0. The number of nitrogens with zero attached hydrogens (tertiary/aromatic N) is 2. The maximum atomic E-state index is 12.2. The zero-order valence-electron chi connectivity index (χ0n) is 10.0. The summed E-state index contributed by atoms with van der Waals surface area (Å²) in [4.78, 5) is 20.0. The van der Waals surface area contributed by atoms with E-state index in [-0.39, 0.29) is 11.4 Å². The molecular formula is C12H8N2O5P+. The summed E-state index contributed by atoms with van der Waals surface area (Å²) < 4.78 is 12.2. The van der Waals surface area contributed by atoms with E-state index in [0.717, 1.165) is 0 Å². The Morgan fingerprint density at radius 3 is 1.25 bits per heavy atom. The summed E-state index contributed by atoms with van der Waals surface area (Å²) in [6.07, 6.45) is 0. The molecular weight excluding hydrogens is 283 g/mol. The molecule has 7 nitrogen and oxygen atoms in total. The molecule has 0 saturated heterocycles. The number of non-ortho nitro benzene ring substituents is 2. The van der Waals surface area contributed by atoms with Crippen LogP contribution in [0.25, 0.3) is 0 Å². The van der Waals surface area contributed by atoms with Gasteiger partial charge in [-0.15, -0.1) is 0 Å². The van der Waals surface area contributed by atoms with Crippen LogP contribution in [0.3, 0.4) is 0 Å². The van der Waals surface area contributed by atoms with Crippen LogP contribution >= 0.6 is 7.80 Å². The number of rotatable bonds is 4. The Kier molecular flexibility index (Phi) is 3.81. The van der Waals surface area contributed by atoms with E-state index < -0.39 is 17.6 Å². The van der Waals surface area contributed by atoms with Crippen molar-refractivity contribution >= 4 is 29.8 Å². The normalized spacial score (nSPS) is 10.0. The zero-order chi connectivity index (χ0) is 14.7. The van der Waals surface area contributed by atoms with Crippen molar-refractivity contribution in [3.05, 3.63) is 68.8 Å². The molecule has 2 rings (SSSR count). The van der Waals surface area contributed by atoms with E-state index in [1.165, 1.54) is 48.5 Å². The lowest BCUT2D eigenvalue weighted by Crippen LogP contribution is -2.06. The molecule has 0 heterocycles. The van der Waals surface area contributed by atoms with Crippen molar-refractivity contribution in [3.8, 4) is 0 Å². The van der Waals surface area contributed by atoms with E-state index in [9.17, 15) is 24.8 Å². The van der Waals surface area contributed by atoms with Gasteiger partial charge in [0.2, 0.25) is 0 Å². The molecule has 2 aromatic carbocycles. The largest absolute Gasteiger partial charge is 0.415 e. The maximum Gasteiger partial charge on any atom is 0.415 e. The fourth-order valence-electron chi connectivity index (χ4n) is 1.57. The molecule has 0 saturated carbocycles. The summed E-state index contributed by atoms with van der Waals surface area (Å²) in [7, 11) is -1.93. The second kappa shape index (κ2) is 5.54. The van der Waals surface area contributed by atoms with Crippen molar-refractivity contribution in [1.29, 1.82) is 0 Å². The van der Waals surface area contributed by atoms with Gasteiger partial charge >= 0.3 is 7.80 Å². The molecule has 20 heavy (non-hydrogen) atoms. The molecule has 0 unspecified atom stereocenters. The van der Waals surface area contributed by atoms with Crippen molar-refractivity contribution in [3.63, 3.8) is 0 Å². The predicted octanol–water partition coefficient (Wildman–Crippen LogP) is 2.28. The first-order valence-electron chi connectivity index (χ1n) is 5.45. The van der Waals surface area contributed by atoms with Crippen molar-refractivity contribution in [1.82, 2.24) is 0 Å². The average molecular weight is 291 g/mol. The van der Waals surface area contributed by atoms with Crippen molar-refractivity contribution < 1.29 is 14.4 Å². The van der Waals surface area contributed by atoms with Crippen LogP contribution in [0.1, 0.15) is 0 Å². The molecule has 100 valence electrons. The topological polar surface area (TPSA) is 103 Å². The Morgan fingerprint density at radius 2 is 1.00 bits per heavy atom. The van der Waals surface area contributed by atoms with Crippen LogP contribution in [0.2, 0.25) is 0 Å². The summed E-state index contributed by atoms with van der Waals surface area (Å²) in [5, 5.41) is 21.9. The molecule has 0 spiro atoms. The Labute approximate surface area is 113 Å². The van der Waals surface area contributed by atoms with Gasteiger partial charge in [-0.25, -0.2) is 0 Å². The molecule has 0 fully saturated rings. The van der Waals surface area contributed by atoms with Gasteiger partial charge in [-0.1, -0.05) is 4.57 Å². The minimum Gasteiger partial charge on any atom is -0.258 e. The number of hydrogen-bond acceptors (Lipinski definition) is 5. The van der Waals surface area contributed by atoms with E-state index in [0.29, 0.717) is 10.6 Å². The second-order valence-electron chi connectivity index (χ2n) is 3.84. The van der Waals surface area contributed by atoms with Crippen molar-refractivity contribution in [2.75, 3.05) is 0 Å². The van der Waals surface area contributed by atoms with Crippen LogP contribution in [-0.4, -0.2) is 9.85 Å². The molecule has 8 heteroatoms. The van der Waals surface area contributed by atoms with Gasteiger partial charge in [0.05, 0.1) is 9.85 Å². The molecule has 0 N–H and O–H groups in total. The lowest BCUT2D eigenvalue weighted by Gasteiger charge is -1.92. The second-order valence-corrected chi connectivity index (χ2v) is 5.46. The first-order valence-corrected chi connectivity index (χ1v) is 6.71. The van der Waals surface area contributed by atoms with E-state index in [1.54, 1.807) is 0 Å². The summed E-state index contributed by atoms with van der Waals surface area (Å²) >= 11 is 0. The highest BCUT2D eigenvalue weighted by atomic mass is 31.1. The van der Waals surface area contributed by atoms with Crippen LogP contribution in [-0.2, 0) is 4.57 Å².